The van der Waals surface area contributed by atoms with E-state index in [2.05, 4.69) is 37.4 Å². The number of halogens is 1. The number of nitrogens with zero attached hydrogens (tertiary/aromatic N) is 4. The van der Waals surface area contributed by atoms with Gasteiger partial charge in [-0.05, 0) is 35.4 Å². The van der Waals surface area contributed by atoms with Crippen LogP contribution in [0.1, 0.15) is 21.5 Å². The second-order valence-electron chi connectivity index (χ2n) is 6.55. The average molecular weight is 458 g/mol. The third kappa shape index (κ3) is 4.29. The van der Waals surface area contributed by atoms with E-state index in [0.717, 1.165) is 10.0 Å². The highest BCUT2D eigenvalue weighted by Crippen LogP contribution is 2.27. The highest BCUT2D eigenvalue weighted by Gasteiger charge is 2.16. The van der Waals surface area contributed by atoms with Gasteiger partial charge in [0.15, 0.2) is 0 Å². The Kier molecular flexibility index (Phi) is 5.68. The fourth-order valence-electron chi connectivity index (χ4n) is 3.11. The number of anilines is 1. The van der Waals surface area contributed by atoms with Crippen LogP contribution in [0.25, 0.3) is 11.1 Å². The lowest BCUT2D eigenvalue weighted by Gasteiger charge is -2.10. The molecule has 0 unspecified atom stereocenters. The molecule has 6 nitrogen and oxygen atoms in total. The maximum absolute atomic E-state index is 12.9. The van der Waals surface area contributed by atoms with Gasteiger partial charge >= 0.3 is 0 Å². The van der Waals surface area contributed by atoms with Crippen molar-refractivity contribution in [3.8, 4) is 17.2 Å². The summed E-state index contributed by atoms with van der Waals surface area (Å²) in [6.45, 7) is 0.544. The van der Waals surface area contributed by atoms with Crippen molar-refractivity contribution in [2.24, 2.45) is 0 Å². The van der Waals surface area contributed by atoms with E-state index in [9.17, 15) is 10.1 Å². The second-order valence-corrected chi connectivity index (χ2v) is 7.46. The van der Waals surface area contributed by atoms with Crippen molar-refractivity contribution in [2.45, 2.75) is 6.54 Å². The van der Waals surface area contributed by atoms with Gasteiger partial charge in [0.05, 0.1) is 18.2 Å². The van der Waals surface area contributed by atoms with Crippen molar-refractivity contribution in [3.05, 3.63) is 100 Å². The minimum Gasteiger partial charge on any atom is -0.289 e. The van der Waals surface area contributed by atoms with Gasteiger partial charge in [0.2, 0.25) is 5.95 Å². The molecule has 3 aromatic carbocycles. The third-order valence-electron chi connectivity index (χ3n) is 4.53. The Morgan fingerprint density at radius 3 is 2.47 bits per heavy atom. The molecule has 1 N–H and O–H groups in total. The summed E-state index contributed by atoms with van der Waals surface area (Å²) in [5.41, 5.74) is 3.42. The topological polar surface area (TPSA) is 83.6 Å². The lowest BCUT2D eigenvalue weighted by molar-refractivity contribution is 0.102. The second kappa shape index (κ2) is 8.72. The van der Waals surface area contributed by atoms with Crippen LogP contribution in [-0.4, -0.2) is 20.7 Å². The van der Waals surface area contributed by atoms with Crippen molar-refractivity contribution >= 4 is 27.8 Å². The van der Waals surface area contributed by atoms with E-state index in [1.807, 2.05) is 48.5 Å². The first-order valence-electron chi connectivity index (χ1n) is 9.18. The number of carbonyl (C=O) groups excluding carboxylic acids is 1. The molecule has 0 aliphatic heterocycles. The number of nitrogens with one attached hydrogen (secondary N) is 1. The SMILES string of the molecule is N#Cc1ccccc1-c1ccccc1C(=O)Nc1ncn(Cc2ccc(Br)cc2)n1. The number of aromatic nitrogens is 3. The molecule has 4 aromatic rings. The number of rotatable bonds is 5. The highest BCUT2D eigenvalue weighted by atomic mass is 79.9. The van der Waals surface area contributed by atoms with Crippen molar-refractivity contribution in [1.29, 1.82) is 5.26 Å². The van der Waals surface area contributed by atoms with Gasteiger partial charge in [0.1, 0.15) is 6.33 Å². The minimum absolute atomic E-state index is 0.223. The highest BCUT2D eigenvalue weighted by molar-refractivity contribution is 9.10. The van der Waals surface area contributed by atoms with Crippen molar-refractivity contribution in [3.63, 3.8) is 0 Å². The van der Waals surface area contributed by atoms with Gasteiger partial charge in [-0.25, -0.2) is 9.67 Å². The Labute approximate surface area is 181 Å². The number of benzene rings is 3. The summed E-state index contributed by atoms with van der Waals surface area (Å²) in [5.74, 6) is -0.111. The van der Waals surface area contributed by atoms with Crippen molar-refractivity contribution < 1.29 is 4.79 Å². The minimum atomic E-state index is -0.334. The molecule has 0 aliphatic carbocycles. The normalized spacial score (nSPS) is 10.4. The zero-order chi connectivity index (χ0) is 20.9. The fraction of sp³-hybridized carbons (Fsp3) is 0.0435. The molecule has 4 rings (SSSR count). The summed E-state index contributed by atoms with van der Waals surface area (Å²) in [6.07, 6.45) is 1.58. The summed E-state index contributed by atoms with van der Waals surface area (Å²) in [4.78, 5) is 17.1. The number of nitriles is 1. The van der Waals surface area contributed by atoms with Crippen LogP contribution in [0.3, 0.4) is 0 Å². The Balaban J connectivity index is 1.55. The van der Waals surface area contributed by atoms with Crippen LogP contribution in [0.15, 0.2) is 83.6 Å². The van der Waals surface area contributed by atoms with Crippen LogP contribution in [0.5, 0.6) is 0 Å². The summed E-state index contributed by atoms with van der Waals surface area (Å²) in [5, 5.41) is 16.5. The van der Waals surface area contributed by atoms with E-state index in [1.165, 1.54) is 0 Å². The van der Waals surface area contributed by atoms with Gasteiger partial charge in [0.25, 0.3) is 5.91 Å². The molecule has 1 heterocycles. The zero-order valence-electron chi connectivity index (χ0n) is 15.8. The monoisotopic (exact) mass is 457 g/mol. The summed E-state index contributed by atoms with van der Waals surface area (Å²) in [6, 6.07) is 24.5. The van der Waals surface area contributed by atoms with Crippen LogP contribution < -0.4 is 5.32 Å². The lowest BCUT2D eigenvalue weighted by atomic mass is 9.95. The molecule has 0 saturated heterocycles. The fourth-order valence-corrected chi connectivity index (χ4v) is 3.37. The molecule has 1 aromatic heterocycles. The van der Waals surface area contributed by atoms with E-state index >= 15 is 0 Å². The van der Waals surface area contributed by atoms with Gasteiger partial charge in [-0.3, -0.25) is 10.1 Å². The average Bonchev–Trinajstić information content (AvgIpc) is 3.22. The predicted molar refractivity (Wildman–Crippen MR) is 118 cm³/mol. The molecule has 0 aliphatic rings. The number of amides is 1. The largest absolute Gasteiger partial charge is 0.289 e. The molecule has 0 spiro atoms. The van der Waals surface area contributed by atoms with Crippen LogP contribution >= 0.6 is 15.9 Å². The zero-order valence-corrected chi connectivity index (χ0v) is 17.4. The molecule has 146 valence electrons. The summed E-state index contributed by atoms with van der Waals surface area (Å²) >= 11 is 3.42. The molecule has 7 heteroatoms. The van der Waals surface area contributed by atoms with Crippen molar-refractivity contribution in [2.75, 3.05) is 5.32 Å². The van der Waals surface area contributed by atoms with Crippen molar-refractivity contribution in [1.82, 2.24) is 14.8 Å². The third-order valence-corrected chi connectivity index (χ3v) is 5.06. The molecular formula is C23H16BrN5O. The molecular weight excluding hydrogens is 442 g/mol. The predicted octanol–water partition coefficient (Wildman–Crippen LogP) is 4.88. The van der Waals surface area contributed by atoms with Crippen LogP contribution in [0.2, 0.25) is 0 Å². The summed E-state index contributed by atoms with van der Waals surface area (Å²) in [7, 11) is 0. The van der Waals surface area contributed by atoms with Gasteiger partial charge in [0, 0.05) is 15.6 Å². The number of carbonyl (C=O) groups is 1. The molecule has 0 saturated carbocycles. The molecule has 0 atom stereocenters. The lowest BCUT2D eigenvalue weighted by Crippen LogP contribution is -2.14. The maximum atomic E-state index is 12.9. The molecule has 0 radical (unpaired) electrons. The Bertz CT molecular complexity index is 1240. The number of hydrogen-bond acceptors (Lipinski definition) is 4. The Morgan fingerprint density at radius 2 is 1.70 bits per heavy atom. The van der Waals surface area contributed by atoms with E-state index in [1.54, 1.807) is 35.3 Å². The van der Waals surface area contributed by atoms with Gasteiger partial charge < -0.3 is 0 Å². The van der Waals surface area contributed by atoms with Gasteiger partial charge in [-0.2, -0.15) is 5.26 Å². The Morgan fingerprint density at radius 1 is 1.00 bits per heavy atom. The van der Waals surface area contributed by atoms with E-state index in [4.69, 9.17) is 0 Å². The van der Waals surface area contributed by atoms with E-state index in [-0.39, 0.29) is 11.9 Å². The first kappa shape index (κ1) is 19.6. The van der Waals surface area contributed by atoms with E-state index in [0.29, 0.717) is 28.8 Å². The number of hydrogen-bond donors (Lipinski definition) is 1. The van der Waals surface area contributed by atoms with Gasteiger partial charge in [-0.15, -0.1) is 5.10 Å². The molecule has 0 fully saturated rings. The molecule has 30 heavy (non-hydrogen) atoms. The van der Waals surface area contributed by atoms with Crippen LogP contribution in [-0.2, 0) is 6.54 Å². The first-order valence-corrected chi connectivity index (χ1v) is 9.97. The first-order chi connectivity index (χ1) is 14.6. The van der Waals surface area contributed by atoms with Gasteiger partial charge in [-0.1, -0.05) is 64.5 Å². The molecule has 0 bridgehead atoms. The molecule has 1 amide bonds. The smallest absolute Gasteiger partial charge is 0.258 e. The standard InChI is InChI=1S/C23H16BrN5O/c24-18-11-9-16(10-12-18)14-29-15-26-23(28-29)27-22(30)21-8-4-3-7-20(21)19-6-2-1-5-17(19)13-25/h1-12,15H,14H2,(H,27,28,30). The quantitative estimate of drug-likeness (QED) is 0.462. The van der Waals surface area contributed by atoms with E-state index < -0.39 is 0 Å². The van der Waals surface area contributed by atoms with Crippen LogP contribution in [0.4, 0.5) is 5.95 Å². The maximum Gasteiger partial charge on any atom is 0.258 e. The Hall–Kier alpha value is -3.76. The summed E-state index contributed by atoms with van der Waals surface area (Å²) < 4.78 is 2.67. The van der Waals surface area contributed by atoms with Crippen LogP contribution in [0, 0.1) is 11.3 Å².